The number of carbonyl (C=O) groups is 1. The highest BCUT2D eigenvalue weighted by Gasteiger charge is 2.18. The molecule has 0 aromatic carbocycles. The van der Waals surface area contributed by atoms with Gasteiger partial charge in [-0.3, -0.25) is 4.68 Å². The van der Waals surface area contributed by atoms with Crippen molar-refractivity contribution in [2.24, 2.45) is 0 Å². The van der Waals surface area contributed by atoms with Crippen LogP contribution in [0, 0.1) is 0 Å². The molecule has 2 aromatic rings. The van der Waals surface area contributed by atoms with Crippen LogP contribution in [0.2, 0.25) is 0 Å². The van der Waals surface area contributed by atoms with E-state index in [-0.39, 0.29) is 18.2 Å². The Hall–Kier alpha value is -2.32. The van der Waals surface area contributed by atoms with Crippen LogP contribution in [0.4, 0.5) is 10.5 Å². The molecule has 0 saturated carbocycles. The number of rotatable bonds is 7. The van der Waals surface area contributed by atoms with Gasteiger partial charge in [-0.2, -0.15) is 5.10 Å². The van der Waals surface area contributed by atoms with E-state index in [1.165, 1.54) is 0 Å². The van der Waals surface area contributed by atoms with E-state index >= 15 is 0 Å². The first kappa shape index (κ1) is 16.5. The van der Waals surface area contributed by atoms with Crippen LogP contribution in [-0.2, 0) is 16.0 Å². The van der Waals surface area contributed by atoms with Gasteiger partial charge >= 0.3 is 6.03 Å². The molecule has 1 aliphatic rings. The number of aromatic nitrogens is 2. The molecule has 0 bridgehead atoms. The van der Waals surface area contributed by atoms with E-state index < -0.39 is 0 Å². The van der Waals surface area contributed by atoms with Crippen molar-refractivity contribution in [2.45, 2.75) is 31.5 Å². The Kier molecular flexibility index (Phi) is 5.50. The van der Waals surface area contributed by atoms with Gasteiger partial charge in [0.15, 0.2) is 0 Å². The lowest BCUT2D eigenvalue weighted by Crippen LogP contribution is -2.34. The van der Waals surface area contributed by atoms with Crippen LogP contribution in [0.15, 0.2) is 35.2 Å². The van der Waals surface area contributed by atoms with Crippen molar-refractivity contribution in [1.29, 1.82) is 0 Å². The Morgan fingerprint density at radius 2 is 2.50 bits per heavy atom. The van der Waals surface area contributed by atoms with Crippen LogP contribution in [0.25, 0.3) is 0 Å². The first-order valence-corrected chi connectivity index (χ1v) is 7.98. The number of anilines is 1. The topological polar surface area (TPSA) is 90.6 Å². The van der Waals surface area contributed by atoms with Gasteiger partial charge in [-0.05, 0) is 25.0 Å². The molecule has 8 nitrogen and oxygen atoms in total. The summed E-state index contributed by atoms with van der Waals surface area (Å²) >= 11 is 0. The van der Waals surface area contributed by atoms with Crippen LogP contribution in [-0.4, -0.2) is 42.2 Å². The van der Waals surface area contributed by atoms with Gasteiger partial charge in [0.25, 0.3) is 0 Å². The molecular formula is C16H22N4O4. The van der Waals surface area contributed by atoms with Gasteiger partial charge in [0, 0.05) is 19.9 Å². The lowest BCUT2D eigenvalue weighted by atomic mass is 10.2. The predicted octanol–water partition coefficient (Wildman–Crippen LogP) is 2.16. The fourth-order valence-electron chi connectivity index (χ4n) is 2.70. The SMILES string of the molecule is COCC(NC(=O)Nc1cnn(CC2CCCO2)c1)c1ccco1. The van der Waals surface area contributed by atoms with Crippen LogP contribution >= 0.6 is 0 Å². The third-order valence-electron chi connectivity index (χ3n) is 3.83. The van der Waals surface area contributed by atoms with E-state index in [1.807, 2.05) is 0 Å². The molecule has 0 spiro atoms. The van der Waals surface area contributed by atoms with Gasteiger partial charge in [0.05, 0.1) is 37.4 Å². The van der Waals surface area contributed by atoms with Crippen molar-refractivity contribution in [1.82, 2.24) is 15.1 Å². The van der Waals surface area contributed by atoms with Crippen LogP contribution < -0.4 is 10.6 Å². The fraction of sp³-hybridized carbons (Fsp3) is 0.500. The molecule has 2 aromatic heterocycles. The summed E-state index contributed by atoms with van der Waals surface area (Å²) < 4.78 is 17.8. The maximum atomic E-state index is 12.2. The Balaban J connectivity index is 1.53. The number of methoxy groups -OCH3 is 1. The van der Waals surface area contributed by atoms with Crippen LogP contribution in [0.5, 0.6) is 0 Å². The number of ether oxygens (including phenoxy) is 2. The molecule has 1 aliphatic heterocycles. The average molecular weight is 334 g/mol. The first-order chi connectivity index (χ1) is 11.7. The summed E-state index contributed by atoms with van der Waals surface area (Å²) in [5.74, 6) is 0.640. The van der Waals surface area contributed by atoms with Crippen molar-refractivity contribution in [3.63, 3.8) is 0 Å². The summed E-state index contributed by atoms with van der Waals surface area (Å²) in [6.45, 7) is 1.83. The summed E-state index contributed by atoms with van der Waals surface area (Å²) in [4.78, 5) is 12.2. The van der Waals surface area contributed by atoms with E-state index in [1.54, 1.807) is 42.6 Å². The van der Waals surface area contributed by atoms with Gasteiger partial charge in [-0.25, -0.2) is 4.79 Å². The Bertz CT molecular complexity index is 634. The lowest BCUT2D eigenvalue weighted by Gasteiger charge is -2.15. The third kappa shape index (κ3) is 4.36. The summed E-state index contributed by atoms with van der Waals surface area (Å²) in [5, 5.41) is 9.84. The highest BCUT2D eigenvalue weighted by molar-refractivity contribution is 5.89. The zero-order chi connectivity index (χ0) is 16.8. The maximum absolute atomic E-state index is 12.2. The molecule has 130 valence electrons. The maximum Gasteiger partial charge on any atom is 0.320 e. The number of hydrogen-bond donors (Lipinski definition) is 2. The van der Waals surface area contributed by atoms with Crippen molar-refractivity contribution in [2.75, 3.05) is 25.6 Å². The van der Waals surface area contributed by atoms with Gasteiger partial charge < -0.3 is 24.5 Å². The van der Waals surface area contributed by atoms with E-state index in [9.17, 15) is 4.79 Å². The van der Waals surface area contributed by atoms with E-state index in [0.29, 0.717) is 24.6 Å². The smallest absolute Gasteiger partial charge is 0.320 e. The number of nitrogens with zero attached hydrogens (tertiary/aromatic N) is 2. The van der Waals surface area contributed by atoms with Gasteiger partial charge in [-0.15, -0.1) is 0 Å². The number of urea groups is 1. The molecule has 8 heteroatoms. The second-order valence-corrected chi connectivity index (χ2v) is 5.71. The molecule has 2 unspecified atom stereocenters. The minimum absolute atomic E-state index is 0.205. The summed E-state index contributed by atoms with van der Waals surface area (Å²) in [5.41, 5.74) is 0.626. The van der Waals surface area contributed by atoms with Crippen molar-refractivity contribution in [3.8, 4) is 0 Å². The number of nitrogens with one attached hydrogen (secondary N) is 2. The predicted molar refractivity (Wildman–Crippen MR) is 86.7 cm³/mol. The van der Waals surface area contributed by atoms with Crippen molar-refractivity contribution in [3.05, 3.63) is 36.5 Å². The van der Waals surface area contributed by atoms with Crippen molar-refractivity contribution < 1.29 is 18.7 Å². The molecule has 0 radical (unpaired) electrons. The second kappa shape index (κ2) is 7.98. The molecule has 2 atom stereocenters. The largest absolute Gasteiger partial charge is 0.467 e. The summed E-state index contributed by atoms with van der Waals surface area (Å²) in [7, 11) is 1.57. The Morgan fingerprint density at radius 3 is 3.21 bits per heavy atom. The molecular weight excluding hydrogens is 312 g/mol. The molecule has 2 amide bonds. The van der Waals surface area contributed by atoms with Gasteiger partial charge in [0.1, 0.15) is 11.8 Å². The monoisotopic (exact) mass is 334 g/mol. The number of furan rings is 1. The zero-order valence-electron chi connectivity index (χ0n) is 13.6. The summed E-state index contributed by atoms with van der Waals surface area (Å²) in [6.07, 6.45) is 7.31. The average Bonchev–Trinajstić information content (AvgIpc) is 3.29. The highest BCUT2D eigenvalue weighted by Crippen LogP contribution is 2.16. The number of hydrogen-bond acceptors (Lipinski definition) is 5. The molecule has 0 aliphatic carbocycles. The second-order valence-electron chi connectivity index (χ2n) is 5.71. The van der Waals surface area contributed by atoms with E-state index in [0.717, 1.165) is 19.4 Å². The molecule has 1 fully saturated rings. The highest BCUT2D eigenvalue weighted by atomic mass is 16.5. The normalized spacial score (nSPS) is 18.5. The Labute approximate surface area is 140 Å². The zero-order valence-corrected chi connectivity index (χ0v) is 13.6. The first-order valence-electron chi connectivity index (χ1n) is 7.98. The van der Waals surface area contributed by atoms with Gasteiger partial charge in [0.2, 0.25) is 0 Å². The molecule has 24 heavy (non-hydrogen) atoms. The van der Waals surface area contributed by atoms with E-state index in [4.69, 9.17) is 13.9 Å². The molecule has 1 saturated heterocycles. The Morgan fingerprint density at radius 1 is 1.58 bits per heavy atom. The molecule has 2 N–H and O–H groups in total. The third-order valence-corrected chi connectivity index (χ3v) is 3.83. The fourth-order valence-corrected chi connectivity index (χ4v) is 2.70. The van der Waals surface area contributed by atoms with Crippen LogP contribution in [0.1, 0.15) is 24.6 Å². The van der Waals surface area contributed by atoms with Crippen LogP contribution in [0.3, 0.4) is 0 Å². The summed E-state index contributed by atoms with van der Waals surface area (Å²) in [6, 6.07) is 2.87. The van der Waals surface area contributed by atoms with Gasteiger partial charge in [-0.1, -0.05) is 0 Å². The van der Waals surface area contributed by atoms with Crippen molar-refractivity contribution >= 4 is 11.7 Å². The lowest BCUT2D eigenvalue weighted by molar-refractivity contribution is 0.0940. The quantitative estimate of drug-likeness (QED) is 0.810. The number of carbonyl (C=O) groups excluding carboxylic acids is 1. The van der Waals surface area contributed by atoms with E-state index in [2.05, 4.69) is 15.7 Å². The molecule has 3 heterocycles. The number of amides is 2. The minimum atomic E-state index is -0.355. The molecule has 3 rings (SSSR count). The standard InChI is InChI=1S/C16H22N4O4/c1-22-11-14(15-5-3-7-24-15)19-16(21)18-12-8-17-20(9-12)10-13-4-2-6-23-13/h3,5,7-9,13-14H,2,4,6,10-11H2,1H3,(H2,18,19,21). The minimum Gasteiger partial charge on any atom is -0.467 e.